The summed E-state index contributed by atoms with van der Waals surface area (Å²) in [5.74, 6) is 0.155. The van der Waals surface area contributed by atoms with Crippen molar-refractivity contribution in [3.63, 3.8) is 0 Å². The first-order valence-corrected chi connectivity index (χ1v) is 7.28. The highest BCUT2D eigenvalue weighted by Gasteiger charge is 2.41. The molecule has 2 aromatic rings. The van der Waals surface area contributed by atoms with Crippen molar-refractivity contribution in [1.82, 2.24) is 10.3 Å². The van der Waals surface area contributed by atoms with E-state index in [9.17, 15) is 4.79 Å². The molecule has 1 N–H and O–H groups in total. The zero-order chi connectivity index (χ0) is 15.0. The summed E-state index contributed by atoms with van der Waals surface area (Å²) in [5, 5.41) is 2.73. The first-order valence-electron chi connectivity index (χ1n) is 7.28. The number of hydrogen-bond acceptors (Lipinski definition) is 2. The van der Waals surface area contributed by atoms with Gasteiger partial charge in [-0.15, -0.1) is 0 Å². The first-order chi connectivity index (χ1) is 10.0. The van der Waals surface area contributed by atoms with Crippen LogP contribution in [0.15, 0.2) is 42.7 Å². The van der Waals surface area contributed by atoms with Gasteiger partial charge in [0.2, 0.25) is 0 Å². The number of benzene rings is 1. The van der Waals surface area contributed by atoms with Crippen LogP contribution in [0, 0.1) is 5.41 Å². The van der Waals surface area contributed by atoms with Gasteiger partial charge < -0.3 is 5.32 Å². The van der Waals surface area contributed by atoms with Gasteiger partial charge in [-0.1, -0.05) is 38.1 Å². The van der Waals surface area contributed by atoms with Gasteiger partial charge in [0, 0.05) is 30.9 Å². The summed E-state index contributed by atoms with van der Waals surface area (Å²) in [5.41, 5.74) is 4.52. The SMILES string of the molecule is CNC(=O)c1ccncc1C1c2ccccc2CC1(C)C. The van der Waals surface area contributed by atoms with Crippen molar-refractivity contribution in [3.05, 3.63) is 65.0 Å². The predicted octanol–water partition coefficient (Wildman–Crippen LogP) is 3.16. The third-order valence-electron chi connectivity index (χ3n) is 4.43. The van der Waals surface area contributed by atoms with Crippen molar-refractivity contribution in [2.45, 2.75) is 26.2 Å². The van der Waals surface area contributed by atoms with Crippen molar-refractivity contribution < 1.29 is 4.79 Å². The van der Waals surface area contributed by atoms with Crippen LogP contribution in [0.1, 0.15) is 46.8 Å². The molecule has 1 aliphatic carbocycles. The smallest absolute Gasteiger partial charge is 0.251 e. The van der Waals surface area contributed by atoms with E-state index in [1.54, 1.807) is 13.2 Å². The van der Waals surface area contributed by atoms with Crippen molar-refractivity contribution in [3.8, 4) is 0 Å². The molecular weight excluding hydrogens is 260 g/mol. The monoisotopic (exact) mass is 280 g/mol. The van der Waals surface area contributed by atoms with E-state index in [1.165, 1.54) is 11.1 Å². The molecule has 0 aliphatic heterocycles. The van der Waals surface area contributed by atoms with Crippen LogP contribution in [0.3, 0.4) is 0 Å². The number of pyridine rings is 1. The zero-order valence-electron chi connectivity index (χ0n) is 12.7. The Labute approximate surface area is 125 Å². The lowest BCUT2D eigenvalue weighted by molar-refractivity contribution is 0.0961. The highest BCUT2D eigenvalue weighted by atomic mass is 16.1. The minimum atomic E-state index is -0.0485. The van der Waals surface area contributed by atoms with E-state index in [4.69, 9.17) is 0 Å². The second-order valence-electron chi connectivity index (χ2n) is 6.34. The van der Waals surface area contributed by atoms with Crippen LogP contribution in [0.25, 0.3) is 0 Å². The Hall–Kier alpha value is -2.16. The average Bonchev–Trinajstić information content (AvgIpc) is 2.76. The molecule has 1 unspecified atom stereocenters. The molecule has 1 aromatic carbocycles. The molecule has 0 radical (unpaired) electrons. The van der Waals surface area contributed by atoms with Crippen LogP contribution < -0.4 is 5.32 Å². The minimum Gasteiger partial charge on any atom is -0.355 e. The number of nitrogens with zero attached hydrogens (tertiary/aromatic N) is 1. The lowest BCUT2D eigenvalue weighted by Crippen LogP contribution is -2.25. The molecule has 3 nitrogen and oxygen atoms in total. The summed E-state index contributed by atoms with van der Waals surface area (Å²) in [6.07, 6.45) is 4.55. The number of rotatable bonds is 2. The normalized spacial score (nSPS) is 19.1. The Balaban J connectivity index is 2.18. The maximum Gasteiger partial charge on any atom is 0.251 e. The van der Waals surface area contributed by atoms with E-state index < -0.39 is 0 Å². The van der Waals surface area contributed by atoms with Gasteiger partial charge in [-0.05, 0) is 34.6 Å². The number of hydrogen-bond donors (Lipinski definition) is 1. The summed E-state index contributed by atoms with van der Waals surface area (Å²) in [4.78, 5) is 16.4. The molecular formula is C18H20N2O. The van der Waals surface area contributed by atoms with Crippen LogP contribution >= 0.6 is 0 Å². The second-order valence-corrected chi connectivity index (χ2v) is 6.34. The second kappa shape index (κ2) is 4.99. The highest BCUT2D eigenvalue weighted by Crippen LogP contribution is 2.50. The molecule has 0 spiro atoms. The average molecular weight is 280 g/mol. The minimum absolute atomic E-state index is 0.0485. The summed E-state index contributed by atoms with van der Waals surface area (Å²) in [7, 11) is 1.67. The molecule has 3 rings (SSSR count). The quantitative estimate of drug-likeness (QED) is 0.918. The van der Waals surface area contributed by atoms with Gasteiger partial charge >= 0.3 is 0 Å². The van der Waals surface area contributed by atoms with Crippen LogP contribution in [0.2, 0.25) is 0 Å². The Morgan fingerprint density at radius 3 is 2.76 bits per heavy atom. The first kappa shape index (κ1) is 13.8. The zero-order valence-corrected chi connectivity index (χ0v) is 12.7. The number of carbonyl (C=O) groups excluding carboxylic acids is 1. The van der Waals surface area contributed by atoms with Gasteiger partial charge in [-0.2, -0.15) is 0 Å². The van der Waals surface area contributed by atoms with Crippen LogP contribution in [0.4, 0.5) is 0 Å². The molecule has 1 aliphatic rings. The van der Waals surface area contributed by atoms with E-state index in [2.05, 4.69) is 48.4 Å². The summed E-state index contributed by atoms with van der Waals surface area (Å²) < 4.78 is 0. The number of fused-ring (bicyclic) bond motifs is 1. The van der Waals surface area contributed by atoms with E-state index in [0.29, 0.717) is 0 Å². The molecule has 1 aromatic heterocycles. The lowest BCUT2D eigenvalue weighted by Gasteiger charge is -2.29. The highest BCUT2D eigenvalue weighted by molar-refractivity contribution is 5.95. The van der Waals surface area contributed by atoms with E-state index >= 15 is 0 Å². The maximum absolute atomic E-state index is 12.2. The molecule has 0 fully saturated rings. The Morgan fingerprint density at radius 2 is 2.00 bits per heavy atom. The molecule has 1 atom stereocenters. The Bertz CT molecular complexity index is 691. The molecule has 1 heterocycles. The number of carbonyl (C=O) groups is 1. The topological polar surface area (TPSA) is 42.0 Å². The fourth-order valence-electron chi connectivity index (χ4n) is 3.56. The number of aromatic nitrogens is 1. The number of nitrogens with one attached hydrogen (secondary N) is 1. The van der Waals surface area contributed by atoms with Crippen molar-refractivity contribution in [2.75, 3.05) is 7.05 Å². The third kappa shape index (κ3) is 2.23. The van der Waals surface area contributed by atoms with Crippen LogP contribution in [-0.2, 0) is 6.42 Å². The fraction of sp³-hybridized carbons (Fsp3) is 0.333. The Kier molecular flexibility index (Phi) is 3.28. The predicted molar refractivity (Wildman–Crippen MR) is 83.4 cm³/mol. The summed E-state index contributed by atoms with van der Waals surface area (Å²) >= 11 is 0. The van der Waals surface area contributed by atoms with Crippen LogP contribution in [-0.4, -0.2) is 17.9 Å². The van der Waals surface area contributed by atoms with Gasteiger partial charge in [0.1, 0.15) is 0 Å². The van der Waals surface area contributed by atoms with Gasteiger partial charge in [0.15, 0.2) is 0 Å². The van der Waals surface area contributed by atoms with Gasteiger partial charge in [-0.25, -0.2) is 0 Å². The molecule has 3 heteroatoms. The lowest BCUT2D eigenvalue weighted by atomic mass is 9.75. The molecule has 0 saturated heterocycles. The molecule has 0 saturated carbocycles. The summed E-state index contributed by atoms with van der Waals surface area (Å²) in [6.45, 7) is 4.52. The maximum atomic E-state index is 12.2. The largest absolute Gasteiger partial charge is 0.355 e. The van der Waals surface area contributed by atoms with E-state index in [0.717, 1.165) is 17.5 Å². The van der Waals surface area contributed by atoms with Crippen molar-refractivity contribution >= 4 is 5.91 Å². The molecule has 108 valence electrons. The molecule has 0 bridgehead atoms. The van der Waals surface area contributed by atoms with E-state index in [-0.39, 0.29) is 17.2 Å². The van der Waals surface area contributed by atoms with Gasteiger partial charge in [-0.3, -0.25) is 9.78 Å². The number of amides is 1. The van der Waals surface area contributed by atoms with Crippen molar-refractivity contribution in [2.24, 2.45) is 5.41 Å². The third-order valence-corrected chi connectivity index (χ3v) is 4.43. The van der Waals surface area contributed by atoms with E-state index in [1.807, 2.05) is 12.3 Å². The molecule has 21 heavy (non-hydrogen) atoms. The fourth-order valence-corrected chi connectivity index (χ4v) is 3.56. The van der Waals surface area contributed by atoms with Gasteiger partial charge in [0.25, 0.3) is 5.91 Å². The standard InChI is InChI=1S/C18H20N2O/c1-18(2)10-12-6-4-5-7-13(12)16(18)15-11-20-9-8-14(15)17(21)19-3/h4-9,11,16H,10H2,1-3H3,(H,19,21). The molecule has 1 amide bonds. The van der Waals surface area contributed by atoms with Gasteiger partial charge in [0.05, 0.1) is 0 Å². The van der Waals surface area contributed by atoms with Crippen molar-refractivity contribution in [1.29, 1.82) is 0 Å². The van der Waals surface area contributed by atoms with Crippen LogP contribution in [0.5, 0.6) is 0 Å². The summed E-state index contributed by atoms with van der Waals surface area (Å²) in [6, 6.07) is 10.3. The Morgan fingerprint density at radius 1 is 1.24 bits per heavy atom.